The van der Waals surface area contributed by atoms with E-state index in [1.54, 1.807) is 18.2 Å². The Kier molecular flexibility index (Phi) is 6.85. The zero-order chi connectivity index (χ0) is 20.6. The molecule has 5 nitrogen and oxygen atoms in total. The maximum Gasteiger partial charge on any atom is 0.259 e. The fourth-order valence-corrected chi connectivity index (χ4v) is 3.15. The van der Waals surface area contributed by atoms with Crippen molar-refractivity contribution in [3.05, 3.63) is 83.6 Å². The summed E-state index contributed by atoms with van der Waals surface area (Å²) in [6.07, 6.45) is 2.51. The van der Waals surface area contributed by atoms with Gasteiger partial charge in [-0.25, -0.2) is 4.98 Å². The minimum absolute atomic E-state index is 0.0459. The molecule has 3 aromatic rings. The number of pyridine rings is 1. The lowest BCUT2D eigenvalue weighted by atomic mass is 10.1. The van der Waals surface area contributed by atoms with Gasteiger partial charge >= 0.3 is 0 Å². The number of anilines is 2. The van der Waals surface area contributed by atoms with Gasteiger partial charge in [0.1, 0.15) is 11.6 Å². The van der Waals surface area contributed by atoms with Crippen molar-refractivity contribution in [1.82, 2.24) is 4.98 Å². The van der Waals surface area contributed by atoms with Crippen LogP contribution in [-0.2, 0) is 6.42 Å². The van der Waals surface area contributed by atoms with E-state index in [1.807, 2.05) is 62.4 Å². The number of aryl methyl sites for hydroxylation is 1. The van der Waals surface area contributed by atoms with Crippen molar-refractivity contribution in [3.8, 4) is 5.75 Å². The number of hydrogen-bond acceptors (Lipinski definition) is 4. The molecule has 3 rings (SSSR count). The van der Waals surface area contributed by atoms with Crippen LogP contribution in [0.25, 0.3) is 0 Å². The number of benzene rings is 2. The second kappa shape index (κ2) is 9.73. The number of carbonyl (C=O) groups excluding carboxylic acids is 1. The molecule has 0 fully saturated rings. The molecular weight excluding hydrogens is 362 g/mol. The molecule has 0 saturated heterocycles. The van der Waals surface area contributed by atoms with E-state index in [-0.39, 0.29) is 5.91 Å². The Hall–Kier alpha value is -3.34. The highest BCUT2D eigenvalue weighted by Crippen LogP contribution is 2.19. The molecule has 1 N–H and O–H groups in total. The molecule has 0 aliphatic rings. The average molecular weight is 389 g/mol. The Bertz CT molecular complexity index is 937. The Morgan fingerprint density at radius 1 is 1.10 bits per heavy atom. The summed E-state index contributed by atoms with van der Waals surface area (Å²) in [5.74, 6) is 1.57. The quantitative estimate of drug-likeness (QED) is 0.606. The second-order valence-electron chi connectivity index (χ2n) is 6.85. The molecule has 0 bridgehead atoms. The summed E-state index contributed by atoms with van der Waals surface area (Å²) in [5, 5.41) is 3.30. The number of rotatable bonds is 8. The van der Waals surface area contributed by atoms with Gasteiger partial charge in [-0.2, -0.15) is 0 Å². The normalized spacial score (nSPS) is 10.4. The highest BCUT2D eigenvalue weighted by molar-refractivity contribution is 6.06. The van der Waals surface area contributed by atoms with Gasteiger partial charge in [-0.3, -0.25) is 4.79 Å². The molecule has 1 aromatic heterocycles. The van der Waals surface area contributed by atoms with E-state index in [4.69, 9.17) is 4.74 Å². The SMILES string of the molecule is CCN(C(=O)c1ccc(NCCc2ccc(OC)cc2)nc1)c1cccc(C)c1. The average Bonchev–Trinajstić information content (AvgIpc) is 2.75. The maximum absolute atomic E-state index is 12.9. The van der Waals surface area contributed by atoms with Crippen LogP contribution in [0.3, 0.4) is 0 Å². The summed E-state index contributed by atoms with van der Waals surface area (Å²) in [4.78, 5) is 19.1. The predicted molar refractivity (Wildman–Crippen MR) is 118 cm³/mol. The minimum Gasteiger partial charge on any atom is -0.497 e. The van der Waals surface area contributed by atoms with Crippen molar-refractivity contribution in [2.24, 2.45) is 0 Å². The number of aromatic nitrogens is 1. The first-order chi connectivity index (χ1) is 14.1. The highest BCUT2D eigenvalue weighted by Gasteiger charge is 2.16. The second-order valence-corrected chi connectivity index (χ2v) is 6.85. The van der Waals surface area contributed by atoms with Crippen molar-refractivity contribution in [2.75, 3.05) is 30.4 Å². The fraction of sp³-hybridized carbons (Fsp3) is 0.250. The standard InChI is InChI=1S/C24H27N3O2/c1-4-27(21-7-5-6-18(2)16-21)24(28)20-10-13-23(26-17-20)25-15-14-19-8-11-22(29-3)12-9-19/h5-13,16-17H,4,14-15H2,1-3H3,(H,25,26). The van der Waals surface area contributed by atoms with E-state index in [9.17, 15) is 4.79 Å². The maximum atomic E-state index is 12.9. The van der Waals surface area contributed by atoms with Crippen LogP contribution in [0.5, 0.6) is 5.75 Å². The van der Waals surface area contributed by atoms with Crippen LogP contribution in [0, 0.1) is 6.92 Å². The van der Waals surface area contributed by atoms with Gasteiger partial charge in [-0.05, 0) is 67.8 Å². The minimum atomic E-state index is -0.0459. The Morgan fingerprint density at radius 3 is 2.52 bits per heavy atom. The summed E-state index contributed by atoms with van der Waals surface area (Å²) in [6, 6.07) is 19.7. The molecule has 29 heavy (non-hydrogen) atoms. The van der Waals surface area contributed by atoms with Gasteiger partial charge in [0.25, 0.3) is 5.91 Å². The van der Waals surface area contributed by atoms with Gasteiger partial charge in [0, 0.05) is 25.0 Å². The van der Waals surface area contributed by atoms with Gasteiger partial charge in [0.2, 0.25) is 0 Å². The molecule has 5 heteroatoms. The van der Waals surface area contributed by atoms with Crippen molar-refractivity contribution in [2.45, 2.75) is 20.3 Å². The topological polar surface area (TPSA) is 54.5 Å². The summed E-state index contributed by atoms with van der Waals surface area (Å²) >= 11 is 0. The third kappa shape index (κ3) is 5.35. The number of hydrogen-bond donors (Lipinski definition) is 1. The lowest BCUT2D eigenvalue weighted by Gasteiger charge is -2.21. The molecule has 2 aromatic carbocycles. The highest BCUT2D eigenvalue weighted by atomic mass is 16.5. The van der Waals surface area contributed by atoms with Crippen molar-refractivity contribution < 1.29 is 9.53 Å². The van der Waals surface area contributed by atoms with Gasteiger partial charge in [-0.15, -0.1) is 0 Å². The summed E-state index contributed by atoms with van der Waals surface area (Å²) in [5.41, 5.74) is 3.83. The van der Waals surface area contributed by atoms with Gasteiger partial charge < -0.3 is 15.0 Å². The monoisotopic (exact) mass is 389 g/mol. The fourth-order valence-electron chi connectivity index (χ4n) is 3.15. The van der Waals surface area contributed by atoms with Gasteiger partial charge in [-0.1, -0.05) is 24.3 Å². The first kappa shape index (κ1) is 20.4. The van der Waals surface area contributed by atoms with E-state index in [0.717, 1.165) is 35.8 Å². The number of ether oxygens (including phenoxy) is 1. The van der Waals surface area contributed by atoms with E-state index in [2.05, 4.69) is 22.4 Å². The lowest BCUT2D eigenvalue weighted by molar-refractivity contribution is 0.0988. The first-order valence-corrected chi connectivity index (χ1v) is 9.82. The largest absolute Gasteiger partial charge is 0.497 e. The van der Waals surface area contributed by atoms with Crippen LogP contribution in [0.4, 0.5) is 11.5 Å². The zero-order valence-electron chi connectivity index (χ0n) is 17.2. The molecule has 1 amide bonds. The van der Waals surface area contributed by atoms with E-state index in [1.165, 1.54) is 5.56 Å². The summed E-state index contributed by atoms with van der Waals surface area (Å²) < 4.78 is 5.18. The zero-order valence-corrected chi connectivity index (χ0v) is 17.2. The Morgan fingerprint density at radius 2 is 1.90 bits per heavy atom. The van der Waals surface area contributed by atoms with Crippen LogP contribution in [-0.4, -0.2) is 31.1 Å². The third-order valence-electron chi connectivity index (χ3n) is 4.76. The molecule has 1 heterocycles. The van der Waals surface area contributed by atoms with Crippen LogP contribution in [0.2, 0.25) is 0 Å². The molecule has 0 atom stereocenters. The van der Waals surface area contributed by atoms with Gasteiger partial charge in [0.15, 0.2) is 0 Å². The number of carbonyl (C=O) groups is 1. The van der Waals surface area contributed by atoms with Crippen molar-refractivity contribution in [1.29, 1.82) is 0 Å². The number of amides is 1. The molecule has 0 radical (unpaired) electrons. The molecule has 150 valence electrons. The van der Waals surface area contributed by atoms with E-state index < -0.39 is 0 Å². The van der Waals surface area contributed by atoms with E-state index >= 15 is 0 Å². The summed E-state index contributed by atoms with van der Waals surface area (Å²) in [6.45, 7) is 5.36. The number of nitrogens with one attached hydrogen (secondary N) is 1. The summed E-state index contributed by atoms with van der Waals surface area (Å²) in [7, 11) is 1.66. The van der Waals surface area contributed by atoms with Crippen LogP contribution >= 0.6 is 0 Å². The van der Waals surface area contributed by atoms with Crippen molar-refractivity contribution >= 4 is 17.4 Å². The molecule has 0 saturated carbocycles. The molecule has 0 aliphatic carbocycles. The molecule has 0 unspecified atom stereocenters. The number of methoxy groups -OCH3 is 1. The first-order valence-electron chi connectivity index (χ1n) is 9.82. The molecular formula is C24H27N3O2. The van der Waals surface area contributed by atoms with Crippen LogP contribution in [0.15, 0.2) is 66.9 Å². The van der Waals surface area contributed by atoms with Gasteiger partial charge in [0.05, 0.1) is 12.7 Å². The van der Waals surface area contributed by atoms with Crippen LogP contribution < -0.4 is 15.0 Å². The smallest absolute Gasteiger partial charge is 0.259 e. The molecule has 0 spiro atoms. The Labute approximate surface area is 172 Å². The van der Waals surface area contributed by atoms with E-state index in [0.29, 0.717) is 12.1 Å². The predicted octanol–water partition coefficient (Wildman–Crippen LogP) is 4.72. The molecule has 0 aliphatic heterocycles. The van der Waals surface area contributed by atoms with Crippen LogP contribution in [0.1, 0.15) is 28.4 Å². The van der Waals surface area contributed by atoms with Crippen molar-refractivity contribution in [3.63, 3.8) is 0 Å². The third-order valence-corrected chi connectivity index (χ3v) is 4.76. The lowest BCUT2D eigenvalue weighted by Crippen LogP contribution is -2.30. The Balaban J connectivity index is 1.59. The number of nitrogens with zero attached hydrogens (tertiary/aromatic N) is 2.